The number of pyridine rings is 1. The van der Waals surface area contributed by atoms with Gasteiger partial charge >= 0.3 is 0 Å². The lowest BCUT2D eigenvalue weighted by Crippen LogP contribution is -2.27. The maximum absolute atomic E-state index is 11.8. The topological polar surface area (TPSA) is 88.2 Å². The summed E-state index contributed by atoms with van der Waals surface area (Å²) in [5, 5.41) is 12.0. The molecule has 2 aromatic rings. The third-order valence-corrected chi connectivity index (χ3v) is 2.95. The first-order valence-electron chi connectivity index (χ1n) is 6.39. The number of nitrogens with zero attached hydrogens (tertiary/aromatic N) is 1. The number of nitrogens with one attached hydrogen (secondary N) is 1. The van der Waals surface area contributed by atoms with Crippen LogP contribution in [0.4, 0.5) is 0 Å². The molecule has 104 valence electrons. The Kier molecular flexibility index (Phi) is 4.68. The number of nitrogens with two attached hydrogens (primary N) is 1. The Morgan fingerprint density at radius 2 is 2.05 bits per heavy atom. The molecule has 0 saturated carbocycles. The van der Waals surface area contributed by atoms with Crippen LogP contribution in [0.1, 0.15) is 28.4 Å². The predicted octanol–water partition coefficient (Wildman–Crippen LogP) is 1.61. The number of hydrogen-bond donors (Lipinski definition) is 3. The molecule has 1 amide bonds. The molecule has 1 heterocycles. The van der Waals surface area contributed by atoms with E-state index in [1.807, 2.05) is 30.3 Å². The van der Waals surface area contributed by atoms with E-state index < -0.39 is 0 Å². The summed E-state index contributed by atoms with van der Waals surface area (Å²) in [4.78, 5) is 15.6. The molecule has 1 aromatic carbocycles. The summed E-state index contributed by atoms with van der Waals surface area (Å²) in [6.07, 6.45) is 3.33. The highest BCUT2D eigenvalue weighted by Gasteiger charge is 2.08. The molecular weight excluding hydrogens is 254 g/mol. The van der Waals surface area contributed by atoms with Gasteiger partial charge in [0.25, 0.3) is 5.91 Å². The maximum atomic E-state index is 11.8. The number of carbonyl (C=O) groups is 1. The minimum absolute atomic E-state index is 0.0290. The summed E-state index contributed by atoms with van der Waals surface area (Å²) in [6, 6.07) is 11.0. The van der Waals surface area contributed by atoms with E-state index >= 15 is 0 Å². The molecule has 20 heavy (non-hydrogen) atoms. The molecule has 1 unspecified atom stereocenters. The molecule has 1 aromatic heterocycles. The molecule has 5 heteroatoms. The van der Waals surface area contributed by atoms with E-state index in [4.69, 9.17) is 5.73 Å². The first-order chi connectivity index (χ1) is 9.66. The van der Waals surface area contributed by atoms with Crippen LogP contribution in [-0.2, 0) is 0 Å². The van der Waals surface area contributed by atoms with Crippen molar-refractivity contribution >= 4 is 5.91 Å². The van der Waals surface area contributed by atoms with Crippen LogP contribution in [0, 0.1) is 0 Å². The van der Waals surface area contributed by atoms with Gasteiger partial charge in [0.15, 0.2) is 0 Å². The zero-order valence-corrected chi connectivity index (χ0v) is 11.0. The average Bonchev–Trinajstić information content (AvgIpc) is 2.48. The van der Waals surface area contributed by atoms with Gasteiger partial charge in [-0.1, -0.05) is 30.3 Å². The first-order valence-corrected chi connectivity index (χ1v) is 6.39. The molecule has 0 aliphatic heterocycles. The molecule has 0 aliphatic rings. The Morgan fingerprint density at radius 1 is 1.30 bits per heavy atom. The van der Waals surface area contributed by atoms with Crippen LogP contribution < -0.4 is 11.1 Å². The molecule has 0 bridgehead atoms. The first kappa shape index (κ1) is 14.0. The van der Waals surface area contributed by atoms with Crippen molar-refractivity contribution in [2.75, 3.05) is 6.54 Å². The molecular formula is C15H17N3O2. The monoisotopic (exact) mass is 271 g/mol. The number of hydrogen-bond acceptors (Lipinski definition) is 4. The van der Waals surface area contributed by atoms with Gasteiger partial charge in [-0.3, -0.25) is 9.78 Å². The molecule has 0 aliphatic carbocycles. The fraction of sp³-hybridized carbons (Fsp3) is 0.200. The van der Waals surface area contributed by atoms with Crippen molar-refractivity contribution in [1.29, 1.82) is 0 Å². The van der Waals surface area contributed by atoms with Crippen LogP contribution in [0.5, 0.6) is 5.75 Å². The Morgan fingerprint density at radius 3 is 2.75 bits per heavy atom. The Bertz CT molecular complexity index is 572. The Balaban J connectivity index is 1.83. The SMILES string of the molecule is NC(CCNC(=O)c1cncc(O)c1)c1ccccc1. The van der Waals surface area contributed by atoms with E-state index in [1.54, 1.807) is 0 Å². The minimum atomic E-state index is -0.270. The zero-order chi connectivity index (χ0) is 14.4. The zero-order valence-electron chi connectivity index (χ0n) is 11.0. The minimum Gasteiger partial charge on any atom is -0.506 e. The summed E-state index contributed by atoms with van der Waals surface area (Å²) in [6.45, 7) is 0.463. The van der Waals surface area contributed by atoms with Crippen molar-refractivity contribution in [2.45, 2.75) is 12.5 Å². The normalized spacial score (nSPS) is 11.8. The molecule has 0 saturated heterocycles. The van der Waals surface area contributed by atoms with Crippen LogP contribution in [0.3, 0.4) is 0 Å². The van der Waals surface area contributed by atoms with Crippen molar-refractivity contribution in [3.8, 4) is 5.75 Å². The van der Waals surface area contributed by atoms with Crippen molar-refractivity contribution in [3.63, 3.8) is 0 Å². The van der Waals surface area contributed by atoms with E-state index in [2.05, 4.69) is 10.3 Å². The van der Waals surface area contributed by atoms with E-state index in [0.29, 0.717) is 18.5 Å². The van der Waals surface area contributed by atoms with Crippen molar-refractivity contribution in [3.05, 3.63) is 59.9 Å². The van der Waals surface area contributed by atoms with Crippen LogP contribution in [0.25, 0.3) is 0 Å². The lowest BCUT2D eigenvalue weighted by atomic mass is 10.1. The van der Waals surface area contributed by atoms with Gasteiger partial charge in [-0.05, 0) is 18.1 Å². The van der Waals surface area contributed by atoms with Crippen molar-refractivity contribution in [2.24, 2.45) is 5.73 Å². The summed E-state index contributed by atoms with van der Waals surface area (Å²) < 4.78 is 0. The van der Waals surface area contributed by atoms with Gasteiger partial charge in [0.2, 0.25) is 0 Å². The lowest BCUT2D eigenvalue weighted by Gasteiger charge is -2.12. The second-order valence-corrected chi connectivity index (χ2v) is 4.49. The van der Waals surface area contributed by atoms with Crippen LogP contribution in [-0.4, -0.2) is 22.5 Å². The molecule has 4 N–H and O–H groups in total. The van der Waals surface area contributed by atoms with Gasteiger partial charge < -0.3 is 16.2 Å². The summed E-state index contributed by atoms with van der Waals surface area (Å²) in [5.74, 6) is -0.299. The van der Waals surface area contributed by atoms with Crippen molar-refractivity contribution < 1.29 is 9.90 Å². The summed E-state index contributed by atoms with van der Waals surface area (Å²) in [5.41, 5.74) is 7.41. The van der Waals surface area contributed by atoms with E-state index in [-0.39, 0.29) is 17.7 Å². The second kappa shape index (κ2) is 6.68. The van der Waals surface area contributed by atoms with Gasteiger partial charge in [0, 0.05) is 18.8 Å². The number of aromatic hydroxyl groups is 1. The molecule has 0 radical (unpaired) electrons. The number of amides is 1. The van der Waals surface area contributed by atoms with Crippen LogP contribution in [0.2, 0.25) is 0 Å². The standard InChI is InChI=1S/C15H17N3O2/c16-14(11-4-2-1-3-5-11)6-7-18-15(20)12-8-13(19)10-17-9-12/h1-5,8-10,14,19H,6-7,16H2,(H,18,20). The summed E-state index contributed by atoms with van der Waals surface area (Å²) >= 11 is 0. The molecule has 1 atom stereocenters. The molecule has 2 rings (SSSR count). The highest BCUT2D eigenvalue weighted by molar-refractivity contribution is 5.94. The van der Waals surface area contributed by atoms with Gasteiger partial charge in [0.05, 0.1) is 11.8 Å². The number of aromatic nitrogens is 1. The Labute approximate surface area is 117 Å². The van der Waals surface area contributed by atoms with Crippen molar-refractivity contribution in [1.82, 2.24) is 10.3 Å². The third kappa shape index (κ3) is 3.80. The Hall–Kier alpha value is -2.40. The van der Waals surface area contributed by atoms with E-state index in [9.17, 15) is 9.90 Å². The van der Waals surface area contributed by atoms with Gasteiger partial charge in [0.1, 0.15) is 5.75 Å². The fourth-order valence-electron chi connectivity index (χ4n) is 1.86. The number of carbonyl (C=O) groups excluding carboxylic acids is 1. The van der Waals surface area contributed by atoms with Gasteiger partial charge in [-0.25, -0.2) is 0 Å². The molecule has 5 nitrogen and oxygen atoms in total. The average molecular weight is 271 g/mol. The van der Waals surface area contributed by atoms with Gasteiger partial charge in [-0.2, -0.15) is 0 Å². The van der Waals surface area contributed by atoms with E-state index in [1.165, 1.54) is 18.5 Å². The van der Waals surface area contributed by atoms with Crippen LogP contribution in [0.15, 0.2) is 48.8 Å². The summed E-state index contributed by atoms with van der Waals surface area (Å²) in [7, 11) is 0. The lowest BCUT2D eigenvalue weighted by molar-refractivity contribution is 0.0951. The smallest absolute Gasteiger partial charge is 0.252 e. The molecule has 0 spiro atoms. The quantitative estimate of drug-likeness (QED) is 0.770. The third-order valence-electron chi connectivity index (χ3n) is 2.95. The largest absolute Gasteiger partial charge is 0.506 e. The fourth-order valence-corrected chi connectivity index (χ4v) is 1.86. The highest BCUT2D eigenvalue weighted by atomic mass is 16.3. The maximum Gasteiger partial charge on any atom is 0.252 e. The number of rotatable bonds is 5. The second-order valence-electron chi connectivity index (χ2n) is 4.49. The van der Waals surface area contributed by atoms with Crippen LogP contribution >= 0.6 is 0 Å². The number of benzene rings is 1. The van der Waals surface area contributed by atoms with Gasteiger partial charge in [-0.15, -0.1) is 0 Å². The molecule has 0 fully saturated rings. The highest BCUT2D eigenvalue weighted by Crippen LogP contribution is 2.12. The van der Waals surface area contributed by atoms with E-state index in [0.717, 1.165) is 5.56 Å². The predicted molar refractivity (Wildman–Crippen MR) is 76.2 cm³/mol.